The number of nitro benzene ring substituents is 1. The number of benzene rings is 1. The van der Waals surface area contributed by atoms with Gasteiger partial charge in [-0.1, -0.05) is 18.3 Å². The molecule has 0 aliphatic rings. The molecule has 2 aromatic heterocycles. The number of nitro groups is 1. The van der Waals surface area contributed by atoms with Crippen LogP contribution in [0.5, 0.6) is 0 Å². The zero-order valence-corrected chi connectivity index (χ0v) is 13.2. The molecule has 3 rings (SSSR count). The monoisotopic (exact) mass is 343 g/mol. The molecule has 0 radical (unpaired) electrons. The van der Waals surface area contributed by atoms with E-state index in [9.17, 15) is 10.1 Å². The first-order valence-corrected chi connectivity index (χ1v) is 8.08. The second-order valence-electron chi connectivity index (χ2n) is 4.30. The molecule has 0 fully saturated rings. The Hall–Kier alpha value is -2.65. The van der Waals surface area contributed by atoms with Crippen molar-refractivity contribution in [3.8, 4) is 10.7 Å². The number of non-ortho nitro benzene ring substituents is 1. The van der Waals surface area contributed by atoms with Crippen LogP contribution in [0.25, 0.3) is 21.7 Å². The van der Waals surface area contributed by atoms with Crippen LogP contribution in [-0.2, 0) is 0 Å². The molecule has 114 valence electrons. The van der Waals surface area contributed by atoms with E-state index in [0.29, 0.717) is 27.4 Å². The Morgan fingerprint density at radius 2 is 2.22 bits per heavy atom. The van der Waals surface area contributed by atoms with Gasteiger partial charge in [0, 0.05) is 23.7 Å². The minimum absolute atomic E-state index is 0.0670. The Morgan fingerprint density at radius 3 is 2.87 bits per heavy atom. The molecule has 0 spiro atoms. The summed E-state index contributed by atoms with van der Waals surface area (Å²) in [5.41, 5.74) is 1.63. The van der Waals surface area contributed by atoms with E-state index in [0.717, 1.165) is 11.8 Å². The Balaban J connectivity index is 2.26. The Kier molecular flexibility index (Phi) is 4.13. The molecule has 0 bridgehead atoms. The van der Waals surface area contributed by atoms with Crippen LogP contribution in [-0.4, -0.2) is 24.9 Å². The average Bonchev–Trinajstić information content (AvgIpc) is 3.07. The Morgan fingerprint density at radius 1 is 1.39 bits per heavy atom. The number of nitrogens with one attached hydrogen (secondary N) is 1. The molecule has 9 heteroatoms. The SMILES string of the molecule is C=CSC(=N)c1nc2cc([N+](=O)[O-])ccc2nc1-c1nccs1. The quantitative estimate of drug-likeness (QED) is 0.334. The maximum atomic E-state index is 10.9. The molecule has 1 N–H and O–H groups in total. The number of nitrogens with zero attached hydrogens (tertiary/aromatic N) is 4. The minimum atomic E-state index is -0.487. The Bertz CT molecular complexity index is 924. The fourth-order valence-corrected chi connectivity index (χ4v) is 2.99. The number of fused-ring (bicyclic) bond motifs is 1. The molecule has 0 aliphatic heterocycles. The largest absolute Gasteiger partial charge is 0.292 e. The van der Waals surface area contributed by atoms with Gasteiger partial charge >= 0.3 is 0 Å². The lowest BCUT2D eigenvalue weighted by molar-refractivity contribution is -0.384. The average molecular weight is 343 g/mol. The molecule has 1 aromatic carbocycles. The zero-order chi connectivity index (χ0) is 16.4. The van der Waals surface area contributed by atoms with Crippen LogP contribution in [0.15, 0.2) is 41.8 Å². The second kappa shape index (κ2) is 6.23. The van der Waals surface area contributed by atoms with E-state index in [1.165, 1.54) is 28.9 Å². The first-order valence-electron chi connectivity index (χ1n) is 6.32. The molecule has 23 heavy (non-hydrogen) atoms. The molecule has 2 heterocycles. The van der Waals surface area contributed by atoms with Crippen molar-refractivity contribution in [2.45, 2.75) is 0 Å². The van der Waals surface area contributed by atoms with E-state index >= 15 is 0 Å². The third-order valence-electron chi connectivity index (χ3n) is 2.91. The van der Waals surface area contributed by atoms with Crippen LogP contribution in [0.4, 0.5) is 5.69 Å². The highest BCUT2D eigenvalue weighted by molar-refractivity contribution is 8.16. The smallest absolute Gasteiger partial charge is 0.271 e. The van der Waals surface area contributed by atoms with Crippen molar-refractivity contribution in [3.63, 3.8) is 0 Å². The Labute approximate surface area is 138 Å². The normalized spacial score (nSPS) is 10.6. The van der Waals surface area contributed by atoms with E-state index in [1.807, 2.05) is 5.38 Å². The van der Waals surface area contributed by atoms with Gasteiger partial charge in [0.2, 0.25) is 0 Å². The number of hydrogen-bond acceptors (Lipinski definition) is 8. The van der Waals surface area contributed by atoms with Gasteiger partial charge in [0.15, 0.2) is 0 Å². The van der Waals surface area contributed by atoms with Crippen molar-refractivity contribution in [1.29, 1.82) is 5.41 Å². The highest BCUT2D eigenvalue weighted by atomic mass is 32.2. The summed E-state index contributed by atoms with van der Waals surface area (Å²) >= 11 is 2.49. The fraction of sp³-hybridized carbons (Fsp3) is 0. The number of hydrogen-bond donors (Lipinski definition) is 1. The summed E-state index contributed by atoms with van der Waals surface area (Å²) in [5, 5.41) is 23.2. The van der Waals surface area contributed by atoms with E-state index < -0.39 is 4.92 Å². The van der Waals surface area contributed by atoms with E-state index in [2.05, 4.69) is 21.5 Å². The van der Waals surface area contributed by atoms with Crippen LogP contribution >= 0.6 is 23.1 Å². The van der Waals surface area contributed by atoms with Crippen molar-refractivity contribution in [2.75, 3.05) is 0 Å². The van der Waals surface area contributed by atoms with Crippen molar-refractivity contribution in [1.82, 2.24) is 15.0 Å². The van der Waals surface area contributed by atoms with Gasteiger partial charge in [-0.05, 0) is 11.5 Å². The molecule has 0 saturated carbocycles. The maximum absolute atomic E-state index is 10.9. The number of thiazole rings is 1. The van der Waals surface area contributed by atoms with Crippen LogP contribution < -0.4 is 0 Å². The third kappa shape index (κ3) is 2.96. The van der Waals surface area contributed by atoms with Gasteiger partial charge < -0.3 is 0 Å². The molecular formula is C14H9N5O2S2. The molecule has 0 aliphatic carbocycles. The predicted molar refractivity (Wildman–Crippen MR) is 91.9 cm³/mol. The summed E-state index contributed by atoms with van der Waals surface area (Å²) in [6, 6.07) is 4.28. The van der Waals surface area contributed by atoms with Gasteiger partial charge in [-0.15, -0.1) is 11.3 Å². The topological polar surface area (TPSA) is 106 Å². The van der Waals surface area contributed by atoms with Gasteiger partial charge in [0.05, 0.1) is 16.0 Å². The predicted octanol–water partition coefficient (Wildman–Crippen LogP) is 3.86. The lowest BCUT2D eigenvalue weighted by atomic mass is 10.2. The van der Waals surface area contributed by atoms with Gasteiger partial charge in [-0.2, -0.15) is 0 Å². The molecular weight excluding hydrogens is 334 g/mol. The fourth-order valence-electron chi connectivity index (χ4n) is 1.94. The van der Waals surface area contributed by atoms with Gasteiger partial charge in [0.25, 0.3) is 5.69 Å². The molecule has 0 atom stereocenters. The highest BCUT2D eigenvalue weighted by Gasteiger charge is 2.18. The first-order chi connectivity index (χ1) is 11.1. The van der Waals surface area contributed by atoms with Gasteiger partial charge in [-0.3, -0.25) is 15.5 Å². The number of rotatable bonds is 4. The van der Waals surface area contributed by atoms with Crippen LogP contribution in [0, 0.1) is 15.5 Å². The van der Waals surface area contributed by atoms with Crippen molar-refractivity contribution in [3.05, 3.63) is 57.6 Å². The maximum Gasteiger partial charge on any atom is 0.271 e. The summed E-state index contributed by atoms with van der Waals surface area (Å²) in [6.07, 6.45) is 1.65. The molecule has 3 aromatic rings. The number of aromatic nitrogens is 3. The van der Waals surface area contributed by atoms with Crippen molar-refractivity contribution < 1.29 is 4.92 Å². The summed E-state index contributed by atoms with van der Waals surface area (Å²) in [6.45, 7) is 3.59. The van der Waals surface area contributed by atoms with Gasteiger partial charge in [-0.25, -0.2) is 15.0 Å². The third-order valence-corrected chi connectivity index (χ3v) is 4.29. The number of thioether (sulfide) groups is 1. The van der Waals surface area contributed by atoms with E-state index in [1.54, 1.807) is 12.3 Å². The summed E-state index contributed by atoms with van der Waals surface area (Å²) in [5.74, 6) is 0. The lowest BCUT2D eigenvalue weighted by Gasteiger charge is -2.07. The van der Waals surface area contributed by atoms with Crippen LogP contribution in [0.2, 0.25) is 0 Å². The zero-order valence-electron chi connectivity index (χ0n) is 11.6. The van der Waals surface area contributed by atoms with Crippen molar-refractivity contribution in [2.24, 2.45) is 0 Å². The molecule has 0 unspecified atom stereocenters. The van der Waals surface area contributed by atoms with Crippen molar-refractivity contribution >= 4 is 44.9 Å². The summed E-state index contributed by atoms with van der Waals surface area (Å²) in [7, 11) is 0. The first kappa shape index (κ1) is 15.3. The molecule has 7 nitrogen and oxygen atoms in total. The summed E-state index contributed by atoms with van der Waals surface area (Å²) < 4.78 is 0. The lowest BCUT2D eigenvalue weighted by Crippen LogP contribution is -2.04. The van der Waals surface area contributed by atoms with E-state index in [-0.39, 0.29) is 10.7 Å². The highest BCUT2D eigenvalue weighted by Crippen LogP contribution is 2.29. The second-order valence-corrected chi connectivity index (χ2v) is 6.17. The molecule has 0 amide bonds. The van der Waals surface area contributed by atoms with Crippen LogP contribution in [0.1, 0.15) is 5.69 Å². The molecule has 0 saturated heterocycles. The standard InChI is InChI=1S/C14H9N5O2S2/c1-2-22-13(15)11-12(14-16-5-6-23-14)17-9-4-3-8(19(20)21)7-10(9)18-11/h2-7,15H,1H2. The summed E-state index contributed by atoms with van der Waals surface area (Å²) in [4.78, 5) is 23.5. The van der Waals surface area contributed by atoms with Gasteiger partial charge in [0.1, 0.15) is 21.4 Å². The van der Waals surface area contributed by atoms with Crippen LogP contribution in [0.3, 0.4) is 0 Å². The minimum Gasteiger partial charge on any atom is -0.292 e. The van der Waals surface area contributed by atoms with E-state index in [4.69, 9.17) is 5.41 Å².